The van der Waals surface area contributed by atoms with Crippen molar-refractivity contribution in [3.05, 3.63) is 29.6 Å². The van der Waals surface area contributed by atoms with Crippen molar-refractivity contribution in [3.63, 3.8) is 0 Å². The van der Waals surface area contributed by atoms with Gasteiger partial charge in [-0.05, 0) is 37.0 Å². The second-order valence-electron chi connectivity index (χ2n) is 4.13. The van der Waals surface area contributed by atoms with E-state index in [9.17, 15) is 4.39 Å². The Morgan fingerprint density at radius 2 is 1.69 bits per heavy atom. The third-order valence-corrected chi connectivity index (χ3v) is 2.75. The number of halogens is 1. The first-order chi connectivity index (χ1) is 7.72. The van der Waals surface area contributed by atoms with Crippen LogP contribution in [0.2, 0.25) is 0 Å². The number of nitrogens with zero attached hydrogens (tertiary/aromatic N) is 1. The minimum atomic E-state index is -0.0822. The van der Waals surface area contributed by atoms with Gasteiger partial charge in [0, 0.05) is 13.1 Å². The van der Waals surface area contributed by atoms with E-state index >= 15 is 0 Å². The third-order valence-electron chi connectivity index (χ3n) is 2.75. The first-order valence-corrected chi connectivity index (χ1v) is 6.26. The molecule has 0 bridgehead atoms. The van der Waals surface area contributed by atoms with E-state index < -0.39 is 0 Å². The largest absolute Gasteiger partial charge is 0.369 e. The van der Waals surface area contributed by atoms with Gasteiger partial charge in [-0.2, -0.15) is 0 Å². The lowest BCUT2D eigenvalue weighted by Crippen LogP contribution is -2.25. The average Bonchev–Trinajstić information content (AvgIpc) is 2.29. The molecule has 2 heteroatoms. The molecule has 1 nitrogen and oxygen atoms in total. The zero-order chi connectivity index (χ0) is 12.0. The van der Waals surface area contributed by atoms with Gasteiger partial charge < -0.3 is 4.90 Å². The van der Waals surface area contributed by atoms with Crippen molar-refractivity contribution in [2.75, 3.05) is 18.0 Å². The fraction of sp³-hybridized carbons (Fsp3) is 0.571. The fourth-order valence-corrected chi connectivity index (χ4v) is 1.92. The summed E-state index contributed by atoms with van der Waals surface area (Å²) in [7, 11) is 0. The smallest absolute Gasteiger partial charge is 0.146 e. The minimum absolute atomic E-state index is 0.0822. The molecule has 0 aliphatic rings. The number of rotatable bonds is 6. The standard InChI is InChI=1S/C14H22FN/c1-4-9-16(10-5-2)14-8-7-12(6-3)11-13(14)15/h7-8,11H,4-6,9-10H2,1-3H3. The van der Waals surface area contributed by atoms with Crippen molar-refractivity contribution in [3.8, 4) is 0 Å². The van der Waals surface area contributed by atoms with Gasteiger partial charge in [0.15, 0.2) is 0 Å². The van der Waals surface area contributed by atoms with Gasteiger partial charge in [0.05, 0.1) is 5.69 Å². The Kier molecular flexibility index (Phi) is 5.30. The third kappa shape index (κ3) is 3.22. The highest BCUT2D eigenvalue weighted by atomic mass is 19.1. The van der Waals surface area contributed by atoms with Gasteiger partial charge in [-0.15, -0.1) is 0 Å². The van der Waals surface area contributed by atoms with Crippen LogP contribution in [0.15, 0.2) is 18.2 Å². The van der Waals surface area contributed by atoms with Crippen molar-refractivity contribution < 1.29 is 4.39 Å². The molecule has 0 spiro atoms. The van der Waals surface area contributed by atoms with Crippen LogP contribution < -0.4 is 4.90 Å². The van der Waals surface area contributed by atoms with Crippen LogP contribution in [0.1, 0.15) is 39.2 Å². The summed E-state index contributed by atoms with van der Waals surface area (Å²) in [5.41, 5.74) is 1.81. The van der Waals surface area contributed by atoms with Gasteiger partial charge in [0.2, 0.25) is 0 Å². The summed E-state index contributed by atoms with van der Waals surface area (Å²) in [6.07, 6.45) is 2.99. The number of hydrogen-bond acceptors (Lipinski definition) is 1. The summed E-state index contributed by atoms with van der Waals surface area (Å²) in [5.74, 6) is -0.0822. The van der Waals surface area contributed by atoms with Crippen molar-refractivity contribution in [2.45, 2.75) is 40.0 Å². The van der Waals surface area contributed by atoms with Crippen LogP contribution in [0.25, 0.3) is 0 Å². The second-order valence-corrected chi connectivity index (χ2v) is 4.13. The molecule has 0 fully saturated rings. The molecular weight excluding hydrogens is 201 g/mol. The van der Waals surface area contributed by atoms with Crippen LogP contribution in [0, 0.1) is 5.82 Å². The first-order valence-electron chi connectivity index (χ1n) is 6.26. The highest BCUT2D eigenvalue weighted by Gasteiger charge is 2.10. The van der Waals surface area contributed by atoms with E-state index in [1.54, 1.807) is 6.07 Å². The summed E-state index contributed by atoms with van der Waals surface area (Å²) in [4.78, 5) is 2.13. The van der Waals surface area contributed by atoms with E-state index in [0.717, 1.165) is 43.6 Å². The maximum Gasteiger partial charge on any atom is 0.146 e. The lowest BCUT2D eigenvalue weighted by Gasteiger charge is -2.24. The van der Waals surface area contributed by atoms with Crippen LogP contribution >= 0.6 is 0 Å². The average molecular weight is 223 g/mol. The van der Waals surface area contributed by atoms with E-state index in [1.165, 1.54) is 0 Å². The molecule has 1 aromatic carbocycles. The normalized spacial score (nSPS) is 10.5. The van der Waals surface area contributed by atoms with Crippen molar-refractivity contribution >= 4 is 5.69 Å². The monoisotopic (exact) mass is 223 g/mol. The van der Waals surface area contributed by atoms with Crippen molar-refractivity contribution in [2.24, 2.45) is 0 Å². The molecule has 0 atom stereocenters. The lowest BCUT2D eigenvalue weighted by atomic mass is 10.1. The van der Waals surface area contributed by atoms with E-state index in [4.69, 9.17) is 0 Å². The quantitative estimate of drug-likeness (QED) is 0.704. The Balaban J connectivity index is 2.90. The van der Waals surface area contributed by atoms with Crippen LogP contribution in [-0.2, 0) is 6.42 Å². The van der Waals surface area contributed by atoms with Gasteiger partial charge in [-0.1, -0.05) is 26.8 Å². The van der Waals surface area contributed by atoms with Gasteiger partial charge >= 0.3 is 0 Å². The highest BCUT2D eigenvalue weighted by Crippen LogP contribution is 2.21. The predicted octanol–water partition coefficient (Wildman–Crippen LogP) is 4.01. The second kappa shape index (κ2) is 6.51. The molecule has 90 valence electrons. The molecule has 0 aromatic heterocycles. The van der Waals surface area contributed by atoms with Crippen LogP contribution in [-0.4, -0.2) is 13.1 Å². The Bertz CT molecular complexity index is 317. The summed E-state index contributed by atoms with van der Waals surface area (Å²) < 4.78 is 13.9. The number of hydrogen-bond donors (Lipinski definition) is 0. The molecule has 0 amide bonds. The molecule has 1 rings (SSSR count). The summed E-state index contributed by atoms with van der Waals surface area (Å²) in [5, 5.41) is 0. The molecule has 0 saturated carbocycles. The molecule has 0 saturated heterocycles. The Morgan fingerprint density at radius 3 is 2.12 bits per heavy atom. The molecule has 0 aliphatic heterocycles. The van der Waals surface area contributed by atoms with Gasteiger partial charge in [0.25, 0.3) is 0 Å². The molecule has 0 unspecified atom stereocenters. The van der Waals surface area contributed by atoms with Gasteiger partial charge in [-0.25, -0.2) is 4.39 Å². The van der Waals surface area contributed by atoms with Crippen molar-refractivity contribution in [1.29, 1.82) is 0 Å². The Hall–Kier alpha value is -1.05. The number of anilines is 1. The Morgan fingerprint density at radius 1 is 1.06 bits per heavy atom. The van der Waals surface area contributed by atoms with E-state index in [0.29, 0.717) is 0 Å². The zero-order valence-corrected chi connectivity index (χ0v) is 10.6. The summed E-state index contributed by atoms with van der Waals surface area (Å²) in [6.45, 7) is 8.15. The fourth-order valence-electron chi connectivity index (χ4n) is 1.92. The van der Waals surface area contributed by atoms with Gasteiger partial charge in [-0.3, -0.25) is 0 Å². The highest BCUT2D eigenvalue weighted by molar-refractivity contribution is 5.49. The van der Waals surface area contributed by atoms with E-state index in [1.807, 2.05) is 19.1 Å². The molecule has 0 N–H and O–H groups in total. The van der Waals surface area contributed by atoms with E-state index in [-0.39, 0.29) is 5.82 Å². The van der Waals surface area contributed by atoms with E-state index in [2.05, 4.69) is 18.7 Å². The molecule has 0 aliphatic carbocycles. The molecule has 0 heterocycles. The van der Waals surface area contributed by atoms with Crippen LogP contribution in [0.3, 0.4) is 0 Å². The maximum atomic E-state index is 13.9. The molecular formula is C14H22FN. The summed E-state index contributed by atoms with van der Waals surface area (Å²) >= 11 is 0. The predicted molar refractivity (Wildman–Crippen MR) is 68.6 cm³/mol. The lowest BCUT2D eigenvalue weighted by molar-refractivity contribution is 0.611. The maximum absolute atomic E-state index is 13.9. The van der Waals surface area contributed by atoms with Crippen LogP contribution in [0.4, 0.5) is 10.1 Å². The first kappa shape index (κ1) is 13.0. The van der Waals surface area contributed by atoms with Crippen LogP contribution in [0.5, 0.6) is 0 Å². The minimum Gasteiger partial charge on any atom is -0.369 e. The molecule has 16 heavy (non-hydrogen) atoms. The number of benzene rings is 1. The zero-order valence-electron chi connectivity index (χ0n) is 10.6. The van der Waals surface area contributed by atoms with Crippen molar-refractivity contribution in [1.82, 2.24) is 0 Å². The number of aryl methyl sites for hydroxylation is 1. The topological polar surface area (TPSA) is 3.24 Å². The van der Waals surface area contributed by atoms with Gasteiger partial charge in [0.1, 0.15) is 5.82 Å². The summed E-state index contributed by atoms with van der Waals surface area (Å²) in [6, 6.07) is 5.60. The molecule has 0 radical (unpaired) electrons. The Labute approximate surface area is 98.3 Å². The molecule has 1 aromatic rings. The SMILES string of the molecule is CCCN(CCC)c1ccc(CC)cc1F.